The van der Waals surface area contributed by atoms with Gasteiger partial charge in [0.25, 0.3) is 0 Å². The van der Waals surface area contributed by atoms with Crippen LogP contribution in [0.15, 0.2) is 0 Å². The third-order valence-electron chi connectivity index (χ3n) is 3.64. The van der Waals surface area contributed by atoms with Gasteiger partial charge in [-0.1, -0.05) is 11.6 Å². The van der Waals surface area contributed by atoms with Crippen LogP contribution in [0.5, 0.6) is 0 Å². The lowest BCUT2D eigenvalue weighted by molar-refractivity contribution is -0.141. The van der Waals surface area contributed by atoms with E-state index in [1.807, 2.05) is 6.92 Å². The zero-order chi connectivity index (χ0) is 18.2. The van der Waals surface area contributed by atoms with Crippen molar-refractivity contribution >= 4 is 23.2 Å². The fourth-order valence-electron chi connectivity index (χ4n) is 2.36. The van der Waals surface area contributed by atoms with Gasteiger partial charge in [-0.2, -0.15) is 23.4 Å². The minimum atomic E-state index is -4.67. The van der Waals surface area contributed by atoms with Crippen molar-refractivity contribution in [3.63, 3.8) is 0 Å². The summed E-state index contributed by atoms with van der Waals surface area (Å²) in [6.45, 7) is 7.11. The van der Waals surface area contributed by atoms with Crippen molar-refractivity contribution in [1.29, 1.82) is 0 Å². The van der Waals surface area contributed by atoms with E-state index in [0.717, 1.165) is 10.4 Å². The Morgan fingerprint density at radius 3 is 2.25 bits per heavy atom. The highest BCUT2D eigenvalue weighted by molar-refractivity contribution is 6.32. The van der Waals surface area contributed by atoms with Crippen molar-refractivity contribution in [2.24, 2.45) is 0 Å². The van der Waals surface area contributed by atoms with Crippen molar-refractivity contribution in [2.75, 3.05) is 5.32 Å². The SMILES string of the molecule is CCn1nc(C)c(NC(=O)Cn2nc(C(F)(F)F)c(Cl)c2C)c1C. The molecule has 0 radical (unpaired) electrons. The number of aromatic nitrogens is 4. The van der Waals surface area contributed by atoms with Gasteiger partial charge in [0.2, 0.25) is 5.91 Å². The first-order chi connectivity index (χ1) is 11.1. The highest BCUT2D eigenvalue weighted by Gasteiger charge is 2.38. The topological polar surface area (TPSA) is 64.7 Å². The third-order valence-corrected chi connectivity index (χ3v) is 4.09. The number of nitrogens with one attached hydrogen (secondary N) is 1. The molecular weight excluding hydrogens is 347 g/mol. The third kappa shape index (κ3) is 3.40. The number of nitrogens with zero attached hydrogens (tertiary/aromatic N) is 4. The molecule has 1 N–H and O–H groups in total. The predicted octanol–water partition coefficient (Wildman–Crippen LogP) is 3.34. The fourth-order valence-corrected chi connectivity index (χ4v) is 2.60. The van der Waals surface area contributed by atoms with Crippen LogP contribution >= 0.6 is 11.6 Å². The highest BCUT2D eigenvalue weighted by atomic mass is 35.5. The predicted molar refractivity (Wildman–Crippen MR) is 83.0 cm³/mol. The summed E-state index contributed by atoms with van der Waals surface area (Å²) in [6.07, 6.45) is -4.67. The summed E-state index contributed by atoms with van der Waals surface area (Å²) in [6, 6.07) is 0. The second kappa shape index (κ2) is 6.46. The molecule has 132 valence electrons. The Bertz CT molecular complexity index is 778. The summed E-state index contributed by atoms with van der Waals surface area (Å²) in [5.74, 6) is -0.507. The molecule has 0 aliphatic heterocycles. The van der Waals surface area contributed by atoms with Crippen LogP contribution in [-0.4, -0.2) is 25.5 Å². The molecule has 2 aromatic rings. The van der Waals surface area contributed by atoms with Crippen LogP contribution in [0.25, 0.3) is 0 Å². The van der Waals surface area contributed by atoms with Crippen LogP contribution in [0, 0.1) is 20.8 Å². The molecular formula is C14H17ClF3N5O. The lowest BCUT2D eigenvalue weighted by Gasteiger charge is -2.07. The van der Waals surface area contributed by atoms with Gasteiger partial charge < -0.3 is 5.32 Å². The molecule has 2 aromatic heterocycles. The number of rotatable bonds is 4. The molecule has 0 aliphatic carbocycles. The maximum atomic E-state index is 12.8. The van der Waals surface area contributed by atoms with E-state index in [1.54, 1.807) is 18.5 Å². The van der Waals surface area contributed by atoms with Crippen molar-refractivity contribution in [2.45, 2.75) is 47.0 Å². The number of carbonyl (C=O) groups excluding carboxylic acids is 1. The molecule has 0 fully saturated rings. The highest BCUT2D eigenvalue weighted by Crippen LogP contribution is 2.35. The van der Waals surface area contributed by atoms with E-state index in [2.05, 4.69) is 15.5 Å². The Balaban J connectivity index is 2.21. The average Bonchev–Trinajstić information content (AvgIpc) is 2.91. The molecule has 0 saturated heterocycles. The zero-order valence-corrected chi connectivity index (χ0v) is 14.4. The largest absolute Gasteiger partial charge is 0.436 e. The van der Waals surface area contributed by atoms with Crippen molar-refractivity contribution in [1.82, 2.24) is 19.6 Å². The van der Waals surface area contributed by atoms with Crippen LogP contribution in [0.4, 0.5) is 18.9 Å². The summed E-state index contributed by atoms with van der Waals surface area (Å²) < 4.78 is 41.1. The summed E-state index contributed by atoms with van der Waals surface area (Å²) in [4.78, 5) is 12.2. The molecule has 24 heavy (non-hydrogen) atoms. The molecule has 2 rings (SSSR count). The van der Waals surface area contributed by atoms with Crippen molar-refractivity contribution in [3.8, 4) is 0 Å². The fraction of sp³-hybridized carbons (Fsp3) is 0.500. The molecule has 1 amide bonds. The summed E-state index contributed by atoms with van der Waals surface area (Å²) in [5.41, 5.74) is 0.842. The Kier molecular flexibility index (Phi) is 4.93. The molecule has 6 nitrogen and oxygen atoms in total. The molecule has 0 unspecified atom stereocenters. The van der Waals surface area contributed by atoms with Gasteiger partial charge >= 0.3 is 6.18 Å². The quantitative estimate of drug-likeness (QED) is 0.906. The molecule has 10 heteroatoms. The number of carbonyl (C=O) groups is 1. The van der Waals surface area contributed by atoms with Gasteiger partial charge in [-0.3, -0.25) is 14.2 Å². The Hall–Kier alpha value is -2.03. The van der Waals surface area contributed by atoms with Gasteiger partial charge in [0, 0.05) is 6.54 Å². The first-order valence-electron chi connectivity index (χ1n) is 7.20. The molecule has 0 aliphatic rings. The van der Waals surface area contributed by atoms with E-state index in [-0.39, 0.29) is 12.2 Å². The maximum absolute atomic E-state index is 12.8. The number of aryl methyl sites for hydroxylation is 2. The average molecular weight is 364 g/mol. The summed E-state index contributed by atoms with van der Waals surface area (Å²) in [7, 11) is 0. The normalized spacial score (nSPS) is 11.8. The second-order valence-electron chi connectivity index (χ2n) is 5.31. The van der Waals surface area contributed by atoms with Crippen LogP contribution in [0.1, 0.15) is 29.7 Å². The number of amides is 1. The van der Waals surface area contributed by atoms with Gasteiger partial charge in [-0.05, 0) is 27.7 Å². The smallest absolute Gasteiger partial charge is 0.321 e. The van der Waals surface area contributed by atoms with Gasteiger partial charge in [0.1, 0.15) is 6.54 Å². The molecule has 0 saturated carbocycles. The minimum absolute atomic E-state index is 0.0804. The van der Waals surface area contributed by atoms with E-state index in [0.29, 0.717) is 17.9 Å². The monoisotopic (exact) mass is 363 g/mol. The van der Waals surface area contributed by atoms with Crippen molar-refractivity contribution < 1.29 is 18.0 Å². The Labute approximate surface area is 141 Å². The number of halogens is 4. The maximum Gasteiger partial charge on any atom is 0.436 e. The first-order valence-corrected chi connectivity index (χ1v) is 7.58. The standard InChI is InChI=1S/C14H17ClF3N5O/c1-5-22-9(4)12(7(2)20-22)19-10(24)6-23-8(3)11(15)13(21-23)14(16,17)18/h5-6H2,1-4H3,(H,19,24). The van der Waals surface area contributed by atoms with Crippen LogP contribution < -0.4 is 5.32 Å². The number of hydrogen-bond acceptors (Lipinski definition) is 3. The Morgan fingerprint density at radius 2 is 1.79 bits per heavy atom. The van der Waals surface area contributed by atoms with Gasteiger partial charge in [-0.25, -0.2) is 0 Å². The zero-order valence-electron chi connectivity index (χ0n) is 13.6. The molecule has 0 spiro atoms. The first kappa shape index (κ1) is 18.3. The van der Waals surface area contributed by atoms with Gasteiger partial charge in [-0.15, -0.1) is 0 Å². The van der Waals surface area contributed by atoms with E-state index < -0.39 is 22.8 Å². The van der Waals surface area contributed by atoms with Gasteiger partial charge in [0.15, 0.2) is 5.69 Å². The van der Waals surface area contributed by atoms with E-state index in [4.69, 9.17) is 11.6 Å². The number of alkyl halides is 3. The number of hydrogen-bond donors (Lipinski definition) is 1. The Morgan fingerprint density at radius 1 is 1.17 bits per heavy atom. The van der Waals surface area contributed by atoms with Crippen molar-refractivity contribution in [3.05, 3.63) is 27.8 Å². The number of anilines is 1. The summed E-state index contributed by atoms with van der Waals surface area (Å²) in [5, 5.41) is 9.84. The molecule has 2 heterocycles. The molecule has 0 atom stereocenters. The van der Waals surface area contributed by atoms with E-state index in [1.165, 1.54) is 6.92 Å². The molecule has 0 bridgehead atoms. The lowest BCUT2D eigenvalue weighted by atomic mass is 10.3. The van der Waals surface area contributed by atoms with Gasteiger partial charge in [0.05, 0.1) is 27.8 Å². The molecule has 0 aromatic carbocycles. The minimum Gasteiger partial charge on any atom is -0.321 e. The van der Waals surface area contributed by atoms with Crippen LogP contribution in [0.3, 0.4) is 0 Å². The second-order valence-corrected chi connectivity index (χ2v) is 5.69. The van der Waals surface area contributed by atoms with E-state index in [9.17, 15) is 18.0 Å². The van der Waals surface area contributed by atoms with E-state index >= 15 is 0 Å². The van der Waals surface area contributed by atoms with Crippen LogP contribution in [0.2, 0.25) is 5.02 Å². The van der Waals surface area contributed by atoms with Crippen LogP contribution in [-0.2, 0) is 24.1 Å². The summed E-state index contributed by atoms with van der Waals surface area (Å²) >= 11 is 5.67. The lowest BCUT2D eigenvalue weighted by Crippen LogP contribution is -2.21.